The van der Waals surface area contributed by atoms with E-state index >= 15 is 0 Å². The summed E-state index contributed by atoms with van der Waals surface area (Å²) in [5.41, 5.74) is 2.08. The molecule has 0 spiro atoms. The van der Waals surface area contributed by atoms with Crippen LogP contribution in [0.2, 0.25) is 0 Å². The van der Waals surface area contributed by atoms with E-state index in [2.05, 4.69) is 0 Å². The minimum Gasteiger partial charge on any atom is -0.425 e. The summed E-state index contributed by atoms with van der Waals surface area (Å²) in [6.07, 6.45) is 2.15. The molecule has 0 aliphatic heterocycles. The fourth-order valence-corrected chi connectivity index (χ4v) is 3.34. The third-order valence-electron chi connectivity index (χ3n) is 4.67. The van der Waals surface area contributed by atoms with Crippen LogP contribution in [0.4, 0.5) is 0 Å². The van der Waals surface area contributed by atoms with Crippen LogP contribution in [-0.2, 0) is 9.59 Å². The largest absolute Gasteiger partial charge is 0.425 e. The van der Waals surface area contributed by atoms with Crippen LogP contribution >= 0.6 is 0 Å². The lowest BCUT2D eigenvalue weighted by atomic mass is 9.97. The molecule has 28 heavy (non-hydrogen) atoms. The maximum Gasteiger partial charge on any atom is 0.311 e. The fraction of sp³-hybridized carbons (Fsp3) is 0.333. The topological polar surface area (TPSA) is 52.6 Å². The molecule has 0 bridgehead atoms. The normalized spacial score (nSPS) is 11.0. The zero-order valence-corrected chi connectivity index (χ0v) is 16.9. The first kappa shape index (κ1) is 19.9. The number of rotatable bonds is 6. The first-order valence-corrected chi connectivity index (χ1v) is 9.82. The van der Waals surface area contributed by atoms with Crippen molar-refractivity contribution in [2.75, 3.05) is 0 Å². The van der Waals surface area contributed by atoms with Gasteiger partial charge in [0.15, 0.2) is 0 Å². The van der Waals surface area contributed by atoms with Crippen LogP contribution in [0.25, 0.3) is 21.5 Å². The number of aryl methyl sites for hydroxylation is 2. The second kappa shape index (κ2) is 8.42. The minimum atomic E-state index is -0.262. The maximum absolute atomic E-state index is 12.3. The molecule has 3 aromatic rings. The second-order valence-electron chi connectivity index (χ2n) is 7.20. The zero-order chi connectivity index (χ0) is 20.3. The molecule has 0 aromatic heterocycles. The molecule has 0 aliphatic rings. The van der Waals surface area contributed by atoms with Gasteiger partial charge in [-0.25, -0.2) is 0 Å². The number of carbonyl (C=O) groups excluding carboxylic acids is 2. The summed E-state index contributed by atoms with van der Waals surface area (Å²) in [6.45, 7) is 7.86. The summed E-state index contributed by atoms with van der Waals surface area (Å²) in [4.78, 5) is 24.6. The van der Waals surface area contributed by atoms with Crippen molar-refractivity contribution in [2.45, 2.75) is 53.4 Å². The van der Waals surface area contributed by atoms with Crippen molar-refractivity contribution in [1.29, 1.82) is 0 Å². The van der Waals surface area contributed by atoms with E-state index in [1.807, 2.05) is 64.1 Å². The van der Waals surface area contributed by atoms with E-state index in [9.17, 15) is 9.59 Å². The molecule has 0 heterocycles. The number of fused-ring (bicyclic) bond motifs is 2. The number of hydrogen-bond donors (Lipinski definition) is 0. The number of ether oxygens (including phenoxy) is 2. The van der Waals surface area contributed by atoms with Crippen LogP contribution in [0.3, 0.4) is 0 Å². The van der Waals surface area contributed by atoms with Crippen molar-refractivity contribution in [3.63, 3.8) is 0 Å². The quantitative estimate of drug-likeness (QED) is 0.299. The van der Waals surface area contributed by atoms with Crippen LogP contribution < -0.4 is 9.47 Å². The van der Waals surface area contributed by atoms with Gasteiger partial charge in [0.2, 0.25) is 0 Å². The van der Waals surface area contributed by atoms with Crippen LogP contribution in [0.15, 0.2) is 36.4 Å². The summed E-state index contributed by atoms with van der Waals surface area (Å²) in [5.74, 6) is 0.538. The molecule has 0 atom stereocenters. The molecule has 0 N–H and O–H groups in total. The zero-order valence-electron chi connectivity index (χ0n) is 16.9. The molecule has 146 valence electrons. The van der Waals surface area contributed by atoms with Crippen LogP contribution in [0, 0.1) is 13.8 Å². The molecule has 3 rings (SSSR count). The molecule has 3 aromatic carbocycles. The van der Waals surface area contributed by atoms with E-state index in [0.29, 0.717) is 24.3 Å². The molecule has 0 fully saturated rings. The van der Waals surface area contributed by atoms with Crippen molar-refractivity contribution >= 4 is 33.5 Å². The lowest BCUT2D eigenvalue weighted by Crippen LogP contribution is -2.10. The Hall–Kier alpha value is -2.88. The van der Waals surface area contributed by atoms with Crippen LogP contribution in [-0.4, -0.2) is 11.9 Å². The Kier molecular flexibility index (Phi) is 5.98. The van der Waals surface area contributed by atoms with E-state index < -0.39 is 0 Å². The van der Waals surface area contributed by atoms with Crippen molar-refractivity contribution in [3.05, 3.63) is 47.5 Å². The van der Waals surface area contributed by atoms with E-state index in [-0.39, 0.29) is 11.9 Å². The second-order valence-corrected chi connectivity index (χ2v) is 7.20. The van der Waals surface area contributed by atoms with E-state index in [4.69, 9.17) is 9.47 Å². The predicted octanol–water partition coefficient (Wildman–Crippen LogP) is 6.02. The average Bonchev–Trinajstić information content (AvgIpc) is 2.64. The number of benzene rings is 3. The highest BCUT2D eigenvalue weighted by molar-refractivity contribution is 6.13. The van der Waals surface area contributed by atoms with E-state index in [1.54, 1.807) is 0 Å². The Morgan fingerprint density at radius 2 is 1.07 bits per heavy atom. The van der Waals surface area contributed by atoms with Gasteiger partial charge in [-0.05, 0) is 38.8 Å². The van der Waals surface area contributed by atoms with Gasteiger partial charge >= 0.3 is 11.9 Å². The average molecular weight is 378 g/mol. The summed E-state index contributed by atoms with van der Waals surface area (Å²) in [5, 5.41) is 3.10. The Morgan fingerprint density at radius 1 is 0.679 bits per heavy atom. The van der Waals surface area contributed by atoms with Crippen LogP contribution in [0.5, 0.6) is 11.5 Å². The minimum absolute atomic E-state index is 0.260. The fourth-order valence-electron chi connectivity index (χ4n) is 3.34. The van der Waals surface area contributed by atoms with Gasteiger partial charge in [-0.3, -0.25) is 9.59 Å². The highest BCUT2D eigenvalue weighted by atomic mass is 16.5. The standard InChI is InChI=1S/C24H26O4/c1-5-7-21(25)27-23-17-11-9-15(3)13-19(17)24(28-22(26)8-6-2)20-14-16(4)10-12-18(20)23/h9-14H,5-8H2,1-4H3. The van der Waals surface area contributed by atoms with Gasteiger partial charge in [-0.15, -0.1) is 0 Å². The number of hydrogen-bond acceptors (Lipinski definition) is 4. The molecular weight excluding hydrogens is 352 g/mol. The van der Waals surface area contributed by atoms with Crippen LogP contribution in [0.1, 0.15) is 50.7 Å². The van der Waals surface area contributed by atoms with Crippen molar-refractivity contribution in [2.24, 2.45) is 0 Å². The van der Waals surface area contributed by atoms with Crippen molar-refractivity contribution in [1.82, 2.24) is 0 Å². The van der Waals surface area contributed by atoms with Gasteiger partial charge in [0.05, 0.1) is 0 Å². The first-order chi connectivity index (χ1) is 13.4. The van der Waals surface area contributed by atoms with Gasteiger partial charge in [0.25, 0.3) is 0 Å². The van der Waals surface area contributed by atoms with E-state index in [0.717, 1.165) is 45.5 Å². The van der Waals surface area contributed by atoms with Crippen molar-refractivity contribution in [3.8, 4) is 11.5 Å². The Morgan fingerprint density at radius 3 is 1.46 bits per heavy atom. The molecule has 0 radical (unpaired) electrons. The SMILES string of the molecule is CCCC(=O)Oc1c2ccc(C)cc2c(OC(=O)CCC)c2cc(C)ccc12. The Balaban J connectivity index is 2.33. The molecule has 4 heteroatoms. The number of carbonyl (C=O) groups is 2. The summed E-state index contributed by atoms with van der Waals surface area (Å²) in [7, 11) is 0. The third-order valence-corrected chi connectivity index (χ3v) is 4.67. The lowest BCUT2D eigenvalue weighted by Gasteiger charge is -2.17. The number of esters is 2. The molecule has 0 unspecified atom stereocenters. The highest BCUT2D eigenvalue weighted by Crippen LogP contribution is 2.43. The molecule has 0 saturated carbocycles. The summed E-state index contributed by atoms with van der Waals surface area (Å²) in [6, 6.07) is 11.7. The Labute approximate surface area is 165 Å². The van der Waals surface area contributed by atoms with Gasteiger partial charge < -0.3 is 9.47 Å². The maximum atomic E-state index is 12.3. The summed E-state index contributed by atoms with van der Waals surface area (Å²) < 4.78 is 11.6. The Bertz CT molecular complexity index is 987. The third kappa shape index (κ3) is 4.01. The molecule has 0 amide bonds. The van der Waals surface area contributed by atoms with Gasteiger partial charge in [0.1, 0.15) is 11.5 Å². The lowest BCUT2D eigenvalue weighted by molar-refractivity contribution is -0.135. The predicted molar refractivity (Wildman–Crippen MR) is 112 cm³/mol. The van der Waals surface area contributed by atoms with Crippen molar-refractivity contribution < 1.29 is 19.1 Å². The van der Waals surface area contributed by atoms with E-state index in [1.165, 1.54) is 0 Å². The van der Waals surface area contributed by atoms with Gasteiger partial charge in [-0.2, -0.15) is 0 Å². The first-order valence-electron chi connectivity index (χ1n) is 9.82. The monoisotopic (exact) mass is 378 g/mol. The summed E-state index contributed by atoms with van der Waals surface area (Å²) >= 11 is 0. The van der Waals surface area contributed by atoms with Gasteiger partial charge in [0, 0.05) is 34.4 Å². The molecule has 4 nitrogen and oxygen atoms in total. The molecular formula is C24H26O4. The van der Waals surface area contributed by atoms with Gasteiger partial charge in [-0.1, -0.05) is 49.2 Å². The highest BCUT2D eigenvalue weighted by Gasteiger charge is 2.20. The smallest absolute Gasteiger partial charge is 0.311 e. The molecule has 0 saturated heterocycles. The molecule has 0 aliphatic carbocycles.